The Balaban J connectivity index is 1.69. The molecule has 1 aromatic heterocycles. The minimum Gasteiger partial charge on any atom is -0.354 e. The molecule has 0 bridgehead atoms. The van der Waals surface area contributed by atoms with Crippen molar-refractivity contribution in [1.82, 2.24) is 10.3 Å². The van der Waals surface area contributed by atoms with E-state index < -0.39 is 9.84 Å². The summed E-state index contributed by atoms with van der Waals surface area (Å²) in [5.74, 6) is 1.13. The second kappa shape index (κ2) is 6.10. The molecule has 1 aliphatic heterocycles. The van der Waals surface area contributed by atoms with Gasteiger partial charge in [0, 0.05) is 31.9 Å². The molecule has 3 rings (SSSR count). The zero-order chi connectivity index (χ0) is 14.9. The molecular weight excluding hydrogens is 310 g/mol. The summed E-state index contributed by atoms with van der Waals surface area (Å²) in [5, 5.41) is 4.03. The Morgan fingerprint density at radius 1 is 1.33 bits per heavy atom. The molecule has 0 atom stereocenters. The molecular formula is C14H20ClN3O2S. The summed E-state index contributed by atoms with van der Waals surface area (Å²) in [5.41, 5.74) is 1.07. The first-order valence-corrected chi connectivity index (χ1v) is 9.57. The van der Waals surface area contributed by atoms with Gasteiger partial charge in [0.15, 0.2) is 9.84 Å². The smallest absolute Gasteiger partial charge is 0.152 e. The molecule has 7 heteroatoms. The summed E-state index contributed by atoms with van der Waals surface area (Å²) < 4.78 is 23.3. The zero-order valence-corrected chi connectivity index (χ0v) is 13.5. The number of anilines is 1. The molecule has 1 aliphatic carbocycles. The SMILES string of the molecule is O=S1(=O)CCCN(c2ncc(CNC3CC3)cc2Cl)CC1. The van der Waals surface area contributed by atoms with Crippen molar-refractivity contribution in [2.75, 3.05) is 29.5 Å². The van der Waals surface area contributed by atoms with E-state index in [-0.39, 0.29) is 11.5 Å². The summed E-state index contributed by atoms with van der Waals surface area (Å²) in [7, 11) is -2.91. The highest BCUT2D eigenvalue weighted by atomic mass is 35.5. The third-order valence-corrected chi connectivity index (χ3v) is 5.90. The lowest BCUT2D eigenvalue weighted by Gasteiger charge is -2.22. The predicted octanol–water partition coefficient (Wildman–Crippen LogP) is 1.61. The number of pyridine rings is 1. The first kappa shape index (κ1) is 15.1. The highest BCUT2D eigenvalue weighted by molar-refractivity contribution is 7.91. The number of hydrogen-bond acceptors (Lipinski definition) is 5. The lowest BCUT2D eigenvalue weighted by Crippen LogP contribution is -2.28. The Morgan fingerprint density at radius 3 is 2.86 bits per heavy atom. The average molecular weight is 330 g/mol. The third-order valence-electron chi connectivity index (χ3n) is 3.91. The monoisotopic (exact) mass is 329 g/mol. The van der Waals surface area contributed by atoms with E-state index in [4.69, 9.17) is 11.6 Å². The van der Waals surface area contributed by atoms with E-state index in [2.05, 4.69) is 10.3 Å². The summed E-state index contributed by atoms with van der Waals surface area (Å²) in [6, 6.07) is 2.58. The number of hydrogen-bond donors (Lipinski definition) is 1. The van der Waals surface area contributed by atoms with E-state index in [0.717, 1.165) is 12.1 Å². The van der Waals surface area contributed by atoms with Crippen LogP contribution in [0.4, 0.5) is 5.82 Å². The fourth-order valence-electron chi connectivity index (χ4n) is 2.50. The summed E-state index contributed by atoms with van der Waals surface area (Å²) in [6.07, 6.45) is 4.96. The topological polar surface area (TPSA) is 62.3 Å². The molecule has 0 radical (unpaired) electrons. The van der Waals surface area contributed by atoms with Gasteiger partial charge in [0.2, 0.25) is 0 Å². The van der Waals surface area contributed by atoms with Gasteiger partial charge >= 0.3 is 0 Å². The Bertz CT molecular complexity index is 617. The van der Waals surface area contributed by atoms with Crippen molar-refractivity contribution in [1.29, 1.82) is 0 Å². The normalized spacial score (nSPS) is 22.0. The molecule has 2 aliphatic rings. The van der Waals surface area contributed by atoms with Crippen molar-refractivity contribution in [2.24, 2.45) is 0 Å². The first-order valence-electron chi connectivity index (χ1n) is 7.37. The molecule has 1 saturated carbocycles. The molecule has 1 N–H and O–H groups in total. The van der Waals surface area contributed by atoms with Gasteiger partial charge in [-0.05, 0) is 30.9 Å². The molecule has 0 unspecified atom stereocenters. The molecule has 0 amide bonds. The van der Waals surface area contributed by atoms with Crippen LogP contribution in [0.25, 0.3) is 0 Å². The second-order valence-corrected chi connectivity index (χ2v) is 8.51. The van der Waals surface area contributed by atoms with E-state index in [1.165, 1.54) is 12.8 Å². The van der Waals surface area contributed by atoms with Crippen molar-refractivity contribution in [3.05, 3.63) is 22.8 Å². The van der Waals surface area contributed by atoms with Gasteiger partial charge in [0.25, 0.3) is 0 Å². The maximum atomic E-state index is 11.7. The standard InChI is InChI=1S/C14H20ClN3O2S/c15-13-8-11(9-16-12-2-3-12)10-17-14(13)18-4-1-6-21(19,20)7-5-18/h8,10,12,16H,1-7,9H2. The fraction of sp³-hybridized carbons (Fsp3) is 0.643. The van der Waals surface area contributed by atoms with E-state index in [1.807, 2.05) is 17.2 Å². The maximum absolute atomic E-state index is 11.7. The Kier molecular flexibility index (Phi) is 4.38. The molecule has 2 fully saturated rings. The molecule has 2 heterocycles. The van der Waals surface area contributed by atoms with Gasteiger partial charge in [-0.3, -0.25) is 0 Å². The summed E-state index contributed by atoms with van der Waals surface area (Å²) in [6.45, 7) is 1.94. The number of nitrogens with one attached hydrogen (secondary N) is 1. The van der Waals surface area contributed by atoms with Gasteiger partial charge in [0.05, 0.1) is 16.5 Å². The van der Waals surface area contributed by atoms with Crippen molar-refractivity contribution < 1.29 is 8.42 Å². The number of halogens is 1. The van der Waals surface area contributed by atoms with Gasteiger partial charge in [0.1, 0.15) is 5.82 Å². The van der Waals surface area contributed by atoms with Gasteiger partial charge < -0.3 is 10.2 Å². The predicted molar refractivity (Wildman–Crippen MR) is 84.6 cm³/mol. The molecule has 0 aromatic carbocycles. The first-order chi connectivity index (χ1) is 10.0. The van der Waals surface area contributed by atoms with E-state index >= 15 is 0 Å². The van der Waals surface area contributed by atoms with Crippen molar-refractivity contribution in [3.63, 3.8) is 0 Å². The van der Waals surface area contributed by atoms with Crippen LogP contribution in [0.2, 0.25) is 5.02 Å². The molecule has 5 nitrogen and oxygen atoms in total. The molecule has 116 valence electrons. The van der Waals surface area contributed by atoms with Crippen LogP contribution in [0.5, 0.6) is 0 Å². The average Bonchev–Trinajstić information content (AvgIpc) is 3.25. The van der Waals surface area contributed by atoms with E-state index in [1.54, 1.807) is 0 Å². The highest BCUT2D eigenvalue weighted by Gasteiger charge is 2.22. The van der Waals surface area contributed by atoms with Crippen LogP contribution in [-0.2, 0) is 16.4 Å². The van der Waals surface area contributed by atoms with E-state index in [9.17, 15) is 8.42 Å². The lowest BCUT2D eigenvalue weighted by molar-refractivity contribution is 0.597. The van der Waals surface area contributed by atoms with E-state index in [0.29, 0.717) is 36.4 Å². The van der Waals surface area contributed by atoms with Crippen molar-refractivity contribution in [3.8, 4) is 0 Å². The van der Waals surface area contributed by atoms with Gasteiger partial charge in [-0.1, -0.05) is 11.6 Å². The number of aromatic nitrogens is 1. The largest absolute Gasteiger partial charge is 0.354 e. The van der Waals surface area contributed by atoms with Gasteiger partial charge in [-0.25, -0.2) is 13.4 Å². The number of rotatable bonds is 4. The number of sulfone groups is 1. The summed E-state index contributed by atoms with van der Waals surface area (Å²) in [4.78, 5) is 6.43. The lowest BCUT2D eigenvalue weighted by atomic mass is 10.2. The summed E-state index contributed by atoms with van der Waals surface area (Å²) >= 11 is 6.34. The molecule has 1 aromatic rings. The van der Waals surface area contributed by atoms with Crippen LogP contribution >= 0.6 is 11.6 Å². The molecule has 1 saturated heterocycles. The van der Waals surface area contributed by atoms with Crippen molar-refractivity contribution in [2.45, 2.75) is 31.8 Å². The third kappa shape index (κ3) is 4.08. The molecule has 21 heavy (non-hydrogen) atoms. The van der Waals surface area contributed by atoms with Crippen LogP contribution in [-0.4, -0.2) is 44.0 Å². The van der Waals surface area contributed by atoms with Gasteiger partial charge in [-0.15, -0.1) is 0 Å². The second-order valence-electron chi connectivity index (χ2n) is 5.80. The van der Waals surface area contributed by atoms with Crippen LogP contribution in [0, 0.1) is 0 Å². The number of nitrogens with zero attached hydrogens (tertiary/aromatic N) is 2. The molecule has 0 spiro atoms. The fourth-order valence-corrected chi connectivity index (χ4v) is 4.08. The van der Waals surface area contributed by atoms with Crippen LogP contribution < -0.4 is 10.2 Å². The highest BCUT2D eigenvalue weighted by Crippen LogP contribution is 2.26. The maximum Gasteiger partial charge on any atom is 0.152 e. The Hall–Kier alpha value is -0.850. The van der Waals surface area contributed by atoms with Crippen molar-refractivity contribution >= 4 is 27.3 Å². The van der Waals surface area contributed by atoms with Crippen LogP contribution in [0.15, 0.2) is 12.3 Å². The zero-order valence-electron chi connectivity index (χ0n) is 11.9. The quantitative estimate of drug-likeness (QED) is 0.909. The minimum atomic E-state index is -2.91. The Morgan fingerprint density at radius 2 is 2.14 bits per heavy atom. The van der Waals surface area contributed by atoms with Gasteiger partial charge in [-0.2, -0.15) is 0 Å². The van der Waals surface area contributed by atoms with Crippen LogP contribution in [0.3, 0.4) is 0 Å². The minimum absolute atomic E-state index is 0.177. The Labute approximate surface area is 130 Å². The van der Waals surface area contributed by atoms with Crippen LogP contribution in [0.1, 0.15) is 24.8 Å².